The zero-order valence-corrected chi connectivity index (χ0v) is 7.47. The first-order valence-electron chi connectivity index (χ1n) is 4.26. The molecule has 2 N–H and O–H groups in total. The standard InChI is InChI=1S/C9H9F2NO2/c1-4-2-6-5(9(4,10)11)3-7(12-6)8(13)14/h3-4,12H,2H2,1H3,(H,13,14). The molecular formula is C9H9F2NO2. The summed E-state index contributed by atoms with van der Waals surface area (Å²) in [6.45, 7) is 1.45. The molecule has 1 unspecified atom stereocenters. The van der Waals surface area contributed by atoms with E-state index < -0.39 is 17.8 Å². The van der Waals surface area contributed by atoms with Crippen LogP contribution < -0.4 is 0 Å². The molecule has 1 atom stereocenters. The van der Waals surface area contributed by atoms with Gasteiger partial charge in [-0.25, -0.2) is 13.6 Å². The van der Waals surface area contributed by atoms with E-state index in [9.17, 15) is 13.6 Å². The molecule has 1 aliphatic rings. The van der Waals surface area contributed by atoms with E-state index in [-0.39, 0.29) is 17.7 Å². The highest BCUT2D eigenvalue weighted by atomic mass is 19.3. The summed E-state index contributed by atoms with van der Waals surface area (Å²) in [5, 5.41) is 8.60. The summed E-state index contributed by atoms with van der Waals surface area (Å²) in [7, 11) is 0. The van der Waals surface area contributed by atoms with Crippen molar-refractivity contribution in [2.24, 2.45) is 5.92 Å². The Bertz CT molecular complexity index is 398. The molecule has 3 nitrogen and oxygen atoms in total. The van der Waals surface area contributed by atoms with E-state index in [1.165, 1.54) is 6.92 Å². The van der Waals surface area contributed by atoms with Gasteiger partial charge in [-0.3, -0.25) is 0 Å². The molecule has 14 heavy (non-hydrogen) atoms. The molecular weight excluding hydrogens is 192 g/mol. The first kappa shape index (κ1) is 9.18. The molecule has 1 aromatic rings. The number of aromatic amines is 1. The van der Waals surface area contributed by atoms with Gasteiger partial charge in [-0.1, -0.05) is 6.92 Å². The van der Waals surface area contributed by atoms with Gasteiger partial charge in [0.25, 0.3) is 5.92 Å². The predicted octanol–water partition coefficient (Wildman–Crippen LogP) is 2.00. The summed E-state index contributed by atoms with van der Waals surface area (Å²) in [6.07, 6.45) is 0.204. The highest BCUT2D eigenvalue weighted by Gasteiger charge is 2.47. The summed E-state index contributed by atoms with van der Waals surface area (Å²) in [5.74, 6) is -4.87. The van der Waals surface area contributed by atoms with E-state index >= 15 is 0 Å². The largest absolute Gasteiger partial charge is 0.477 e. The van der Waals surface area contributed by atoms with Crippen molar-refractivity contribution in [1.29, 1.82) is 0 Å². The Balaban J connectivity index is 2.48. The van der Waals surface area contributed by atoms with Crippen LogP contribution in [0.1, 0.15) is 28.7 Å². The van der Waals surface area contributed by atoms with Gasteiger partial charge in [0.1, 0.15) is 5.69 Å². The molecule has 0 aliphatic heterocycles. The Labute approximate surface area is 78.7 Å². The van der Waals surface area contributed by atoms with Crippen molar-refractivity contribution in [3.63, 3.8) is 0 Å². The molecule has 0 amide bonds. The molecule has 0 radical (unpaired) electrons. The van der Waals surface area contributed by atoms with Crippen LogP contribution in [0.25, 0.3) is 0 Å². The van der Waals surface area contributed by atoms with E-state index in [0.29, 0.717) is 5.69 Å². The van der Waals surface area contributed by atoms with Crippen LogP contribution in [0.5, 0.6) is 0 Å². The molecule has 0 aromatic carbocycles. The van der Waals surface area contributed by atoms with Gasteiger partial charge in [-0.05, 0) is 12.5 Å². The minimum atomic E-state index is -2.90. The zero-order valence-electron chi connectivity index (χ0n) is 7.47. The zero-order chi connectivity index (χ0) is 10.5. The van der Waals surface area contributed by atoms with Crippen LogP contribution in [0, 0.1) is 5.92 Å². The molecule has 1 aliphatic carbocycles. The Morgan fingerprint density at radius 1 is 1.71 bits per heavy atom. The van der Waals surface area contributed by atoms with Crippen molar-refractivity contribution in [3.05, 3.63) is 23.0 Å². The van der Waals surface area contributed by atoms with E-state index in [1.54, 1.807) is 0 Å². The summed E-state index contributed by atoms with van der Waals surface area (Å²) in [6, 6.07) is 1.03. The van der Waals surface area contributed by atoms with Crippen molar-refractivity contribution in [2.45, 2.75) is 19.3 Å². The van der Waals surface area contributed by atoms with Crippen molar-refractivity contribution in [1.82, 2.24) is 4.98 Å². The number of alkyl halides is 2. The molecule has 0 saturated heterocycles. The van der Waals surface area contributed by atoms with Crippen molar-refractivity contribution >= 4 is 5.97 Å². The smallest absolute Gasteiger partial charge is 0.352 e. The van der Waals surface area contributed by atoms with E-state index in [0.717, 1.165) is 6.07 Å². The van der Waals surface area contributed by atoms with Crippen molar-refractivity contribution in [3.8, 4) is 0 Å². The van der Waals surface area contributed by atoms with Crippen LogP contribution in [0.2, 0.25) is 0 Å². The minimum Gasteiger partial charge on any atom is -0.477 e. The number of hydrogen-bond acceptors (Lipinski definition) is 1. The molecule has 0 fully saturated rings. The van der Waals surface area contributed by atoms with Gasteiger partial charge < -0.3 is 10.1 Å². The van der Waals surface area contributed by atoms with Gasteiger partial charge >= 0.3 is 5.97 Å². The predicted molar refractivity (Wildman–Crippen MR) is 44.5 cm³/mol. The molecule has 1 heterocycles. The number of rotatable bonds is 1. The molecule has 0 saturated carbocycles. The number of H-pyrrole nitrogens is 1. The monoisotopic (exact) mass is 201 g/mol. The van der Waals surface area contributed by atoms with Gasteiger partial charge in [0.15, 0.2) is 0 Å². The van der Waals surface area contributed by atoms with E-state index in [2.05, 4.69) is 4.98 Å². The molecule has 2 rings (SSSR count). The highest BCUT2D eigenvalue weighted by molar-refractivity contribution is 5.86. The fourth-order valence-corrected chi connectivity index (χ4v) is 1.77. The number of carbonyl (C=O) groups is 1. The first-order chi connectivity index (χ1) is 6.43. The number of fused-ring (bicyclic) bond motifs is 1. The number of halogens is 2. The topological polar surface area (TPSA) is 53.1 Å². The first-order valence-corrected chi connectivity index (χ1v) is 4.26. The number of aromatic nitrogens is 1. The van der Waals surface area contributed by atoms with Gasteiger partial charge in [0, 0.05) is 17.2 Å². The van der Waals surface area contributed by atoms with Crippen molar-refractivity contribution < 1.29 is 18.7 Å². The number of hydrogen-bond donors (Lipinski definition) is 2. The van der Waals surface area contributed by atoms with Gasteiger partial charge in [0.2, 0.25) is 0 Å². The second-order valence-electron chi connectivity index (χ2n) is 3.61. The third-order valence-electron chi connectivity index (χ3n) is 2.62. The maximum Gasteiger partial charge on any atom is 0.352 e. The Hall–Kier alpha value is -1.39. The van der Waals surface area contributed by atoms with Gasteiger partial charge in [0.05, 0.1) is 0 Å². The second-order valence-corrected chi connectivity index (χ2v) is 3.61. The van der Waals surface area contributed by atoms with Crippen molar-refractivity contribution in [2.75, 3.05) is 0 Å². The molecule has 5 heteroatoms. The summed E-state index contributed by atoms with van der Waals surface area (Å²) < 4.78 is 26.8. The van der Waals surface area contributed by atoms with Gasteiger partial charge in [-0.15, -0.1) is 0 Å². The third-order valence-corrected chi connectivity index (χ3v) is 2.62. The SMILES string of the molecule is CC1Cc2[nH]c(C(=O)O)cc2C1(F)F. The molecule has 0 bridgehead atoms. The summed E-state index contributed by atoms with van der Waals surface area (Å²) in [4.78, 5) is 13.0. The average molecular weight is 201 g/mol. The Kier molecular flexibility index (Phi) is 1.68. The fraction of sp³-hybridized carbons (Fsp3) is 0.444. The number of carboxylic acid groups (broad SMARTS) is 1. The van der Waals surface area contributed by atoms with E-state index in [4.69, 9.17) is 5.11 Å². The quantitative estimate of drug-likeness (QED) is 0.730. The normalized spacial score (nSPS) is 23.5. The number of nitrogens with one attached hydrogen (secondary N) is 1. The molecule has 1 aromatic heterocycles. The lowest BCUT2D eigenvalue weighted by Gasteiger charge is -2.14. The number of carboxylic acids is 1. The lowest BCUT2D eigenvalue weighted by Crippen LogP contribution is -2.17. The fourth-order valence-electron chi connectivity index (χ4n) is 1.77. The maximum absolute atomic E-state index is 13.4. The molecule has 76 valence electrons. The summed E-state index contributed by atoms with van der Waals surface area (Å²) >= 11 is 0. The Morgan fingerprint density at radius 2 is 2.36 bits per heavy atom. The average Bonchev–Trinajstić information content (AvgIpc) is 2.55. The van der Waals surface area contributed by atoms with Gasteiger partial charge in [-0.2, -0.15) is 0 Å². The summed E-state index contributed by atoms with van der Waals surface area (Å²) in [5.41, 5.74) is 0.0175. The van der Waals surface area contributed by atoms with Crippen LogP contribution >= 0.6 is 0 Å². The second kappa shape index (κ2) is 2.56. The molecule has 0 spiro atoms. The van der Waals surface area contributed by atoms with Crippen LogP contribution in [-0.4, -0.2) is 16.1 Å². The lowest BCUT2D eigenvalue weighted by atomic mass is 10.1. The lowest BCUT2D eigenvalue weighted by molar-refractivity contribution is -0.0451. The minimum absolute atomic E-state index is 0.164. The maximum atomic E-state index is 13.4. The van der Waals surface area contributed by atoms with E-state index in [1.807, 2.05) is 0 Å². The highest BCUT2D eigenvalue weighted by Crippen LogP contribution is 2.45. The van der Waals surface area contributed by atoms with Crippen LogP contribution in [0.3, 0.4) is 0 Å². The number of aromatic carboxylic acids is 1. The van der Waals surface area contributed by atoms with Crippen LogP contribution in [0.4, 0.5) is 8.78 Å². The van der Waals surface area contributed by atoms with Crippen LogP contribution in [-0.2, 0) is 12.3 Å². The van der Waals surface area contributed by atoms with Crippen LogP contribution in [0.15, 0.2) is 6.07 Å². The third kappa shape index (κ3) is 1.05. The Morgan fingerprint density at radius 3 is 2.86 bits per heavy atom.